The first kappa shape index (κ1) is 29.9. The smallest absolute Gasteiger partial charge is 0.430 e. The molecule has 4 amide bonds. The van der Waals surface area contributed by atoms with Gasteiger partial charge in [0.05, 0.1) is 6.04 Å². The number of cyclic esters (lactones) is 1. The van der Waals surface area contributed by atoms with Gasteiger partial charge in [-0.1, -0.05) is 30.3 Å². The van der Waals surface area contributed by atoms with Gasteiger partial charge in [-0.15, -0.1) is 0 Å². The molecule has 11 heteroatoms. The Labute approximate surface area is 218 Å². The summed E-state index contributed by atoms with van der Waals surface area (Å²) in [5, 5.41) is 0.785. The van der Waals surface area contributed by atoms with Crippen LogP contribution < -0.4 is 5.43 Å². The number of hydrogen-bond donors (Lipinski definition) is 1. The lowest BCUT2D eigenvalue weighted by molar-refractivity contribution is -0.136. The summed E-state index contributed by atoms with van der Waals surface area (Å²) in [4.78, 5) is 53.6. The Hall–Kier alpha value is -3.34. The Morgan fingerprint density at radius 3 is 2.19 bits per heavy atom. The van der Waals surface area contributed by atoms with E-state index < -0.39 is 53.6 Å². The third-order valence-electron chi connectivity index (χ3n) is 5.26. The van der Waals surface area contributed by atoms with Gasteiger partial charge in [0.15, 0.2) is 0 Å². The van der Waals surface area contributed by atoms with E-state index in [1.165, 1.54) is 7.11 Å². The fourth-order valence-corrected chi connectivity index (χ4v) is 3.75. The number of methoxy groups -OCH3 is 1. The highest BCUT2D eigenvalue weighted by atomic mass is 16.6. The van der Waals surface area contributed by atoms with Crippen LogP contribution in [0.2, 0.25) is 0 Å². The highest BCUT2D eigenvalue weighted by Crippen LogP contribution is 2.33. The summed E-state index contributed by atoms with van der Waals surface area (Å²) in [6, 6.07) is 7.08. The van der Waals surface area contributed by atoms with Crippen molar-refractivity contribution in [2.75, 3.05) is 13.7 Å². The molecule has 0 aromatic heterocycles. The molecule has 37 heavy (non-hydrogen) atoms. The zero-order valence-corrected chi connectivity index (χ0v) is 22.9. The largest absolute Gasteiger partial charge is 0.443 e. The topological polar surface area (TPSA) is 124 Å². The molecule has 1 aromatic rings. The minimum atomic E-state index is -1.30. The van der Waals surface area contributed by atoms with Crippen LogP contribution in [0.4, 0.5) is 14.4 Å². The zero-order valence-electron chi connectivity index (χ0n) is 22.9. The summed E-state index contributed by atoms with van der Waals surface area (Å²) in [6.45, 7) is 11.9. The van der Waals surface area contributed by atoms with Crippen molar-refractivity contribution in [3.05, 3.63) is 35.9 Å². The maximum atomic E-state index is 13.9. The highest BCUT2D eigenvalue weighted by Gasteiger charge is 2.48. The van der Waals surface area contributed by atoms with Crippen molar-refractivity contribution < 1.29 is 38.1 Å². The maximum absolute atomic E-state index is 13.9. The molecule has 1 heterocycles. The molecule has 0 bridgehead atoms. The molecule has 0 radical (unpaired) electrons. The summed E-state index contributed by atoms with van der Waals surface area (Å²) in [5.41, 5.74) is 1.29. The van der Waals surface area contributed by atoms with E-state index in [-0.39, 0.29) is 13.0 Å². The van der Waals surface area contributed by atoms with Gasteiger partial charge in [-0.25, -0.2) is 29.7 Å². The molecule has 11 nitrogen and oxygen atoms in total. The number of hydrazine groups is 1. The van der Waals surface area contributed by atoms with Crippen LogP contribution in [0.3, 0.4) is 0 Å². The molecule has 3 atom stereocenters. The Balaban J connectivity index is 2.42. The van der Waals surface area contributed by atoms with Gasteiger partial charge in [0.1, 0.15) is 23.3 Å². The average Bonchev–Trinajstić information content (AvgIpc) is 3.07. The number of carbonyl (C=O) groups is 4. The Morgan fingerprint density at radius 2 is 1.65 bits per heavy atom. The van der Waals surface area contributed by atoms with E-state index in [4.69, 9.17) is 18.9 Å². The first-order valence-electron chi connectivity index (χ1n) is 12.2. The predicted octanol–water partition coefficient (Wildman–Crippen LogP) is 4.57. The van der Waals surface area contributed by atoms with Gasteiger partial charge < -0.3 is 18.9 Å². The van der Waals surface area contributed by atoms with Crippen molar-refractivity contribution in [2.45, 2.75) is 90.7 Å². The molecule has 1 aliphatic heterocycles. The van der Waals surface area contributed by atoms with Crippen LogP contribution in [0.1, 0.15) is 73.0 Å². The zero-order chi connectivity index (χ0) is 28.0. The molecule has 0 saturated carbocycles. The number of benzene rings is 1. The van der Waals surface area contributed by atoms with Crippen molar-refractivity contribution in [2.24, 2.45) is 0 Å². The number of amides is 4. The highest BCUT2D eigenvalue weighted by molar-refractivity contribution is 5.98. The van der Waals surface area contributed by atoms with Crippen LogP contribution in [0.5, 0.6) is 0 Å². The molecule has 1 fully saturated rings. The Morgan fingerprint density at radius 1 is 1.05 bits per heavy atom. The average molecular weight is 522 g/mol. The molecule has 1 aliphatic rings. The predicted molar refractivity (Wildman–Crippen MR) is 134 cm³/mol. The lowest BCUT2D eigenvalue weighted by Gasteiger charge is -2.35. The summed E-state index contributed by atoms with van der Waals surface area (Å²) in [5.74, 6) is -0.728. The van der Waals surface area contributed by atoms with Gasteiger partial charge in [0, 0.05) is 13.7 Å². The van der Waals surface area contributed by atoms with Gasteiger partial charge in [0.2, 0.25) is 0 Å². The van der Waals surface area contributed by atoms with Crippen molar-refractivity contribution in [3.63, 3.8) is 0 Å². The molecule has 2 rings (SSSR count). The molecule has 1 saturated heterocycles. The molecule has 0 unspecified atom stereocenters. The second kappa shape index (κ2) is 12.3. The lowest BCUT2D eigenvalue weighted by atomic mass is 10.0. The van der Waals surface area contributed by atoms with Crippen LogP contribution in [-0.4, -0.2) is 71.1 Å². The van der Waals surface area contributed by atoms with Crippen LogP contribution in [-0.2, 0) is 23.7 Å². The standard InChI is InChI=1S/C26H39N3O8/c1-17-20(18-13-10-9-11-14-18)35-23(32)28(17)21(30)19(15-12-16-34-8)29(24(33)37-26(5,6)7)27-22(31)36-25(2,3)4/h9-11,13-14,17,19-20H,12,15-16H2,1-8H3,(H,27,31)/t17-,19-,20-/m0/s1. The van der Waals surface area contributed by atoms with Gasteiger partial charge in [0.25, 0.3) is 5.91 Å². The Kier molecular flexibility index (Phi) is 9.91. The number of nitrogens with zero attached hydrogens (tertiary/aromatic N) is 2. The molecule has 0 aliphatic carbocycles. The van der Waals surface area contributed by atoms with Crippen molar-refractivity contribution >= 4 is 24.2 Å². The summed E-state index contributed by atoms with van der Waals surface area (Å²) < 4.78 is 21.4. The van der Waals surface area contributed by atoms with Crippen molar-refractivity contribution in [3.8, 4) is 0 Å². The maximum Gasteiger partial charge on any atom is 0.430 e. The fourth-order valence-electron chi connectivity index (χ4n) is 3.75. The number of imide groups is 1. The van der Waals surface area contributed by atoms with E-state index in [1.54, 1.807) is 60.6 Å². The summed E-state index contributed by atoms with van der Waals surface area (Å²) >= 11 is 0. The lowest BCUT2D eigenvalue weighted by Crippen LogP contribution is -2.60. The van der Waals surface area contributed by atoms with Gasteiger partial charge in [-0.2, -0.15) is 0 Å². The van der Waals surface area contributed by atoms with E-state index in [0.717, 1.165) is 15.5 Å². The van der Waals surface area contributed by atoms with E-state index in [9.17, 15) is 19.2 Å². The molecular formula is C26H39N3O8. The van der Waals surface area contributed by atoms with Gasteiger partial charge >= 0.3 is 18.3 Å². The second-order valence-electron chi connectivity index (χ2n) is 10.8. The molecule has 206 valence electrons. The number of rotatable bonds is 7. The third kappa shape index (κ3) is 8.63. The minimum Gasteiger partial charge on any atom is -0.443 e. The van der Waals surface area contributed by atoms with Crippen molar-refractivity contribution in [1.82, 2.24) is 15.3 Å². The summed E-state index contributed by atoms with van der Waals surface area (Å²) in [7, 11) is 1.51. The minimum absolute atomic E-state index is 0.0637. The fraction of sp³-hybridized carbons (Fsp3) is 0.615. The van der Waals surface area contributed by atoms with Crippen molar-refractivity contribution in [1.29, 1.82) is 0 Å². The molecule has 1 N–H and O–H groups in total. The second-order valence-corrected chi connectivity index (χ2v) is 10.8. The number of hydrogen-bond acceptors (Lipinski definition) is 8. The normalized spacial score (nSPS) is 18.6. The number of ether oxygens (including phenoxy) is 4. The molecule has 1 aromatic carbocycles. The van der Waals surface area contributed by atoms with Crippen LogP contribution in [0.25, 0.3) is 0 Å². The van der Waals surface area contributed by atoms with E-state index in [2.05, 4.69) is 5.43 Å². The van der Waals surface area contributed by atoms with Crippen LogP contribution in [0, 0.1) is 0 Å². The van der Waals surface area contributed by atoms with E-state index in [0.29, 0.717) is 6.42 Å². The molecular weight excluding hydrogens is 482 g/mol. The first-order valence-corrected chi connectivity index (χ1v) is 12.2. The van der Waals surface area contributed by atoms with Crippen LogP contribution in [0.15, 0.2) is 30.3 Å². The first-order chi connectivity index (χ1) is 17.1. The van der Waals surface area contributed by atoms with Gasteiger partial charge in [-0.05, 0) is 66.9 Å². The van der Waals surface area contributed by atoms with Gasteiger partial charge in [-0.3, -0.25) is 4.79 Å². The molecule has 0 spiro atoms. The summed E-state index contributed by atoms with van der Waals surface area (Å²) in [6.07, 6.45) is -3.05. The SMILES string of the molecule is COCCC[C@@H](C(=O)N1C(=O)O[C@H](c2ccccc2)[C@@H]1C)N(NC(=O)OC(C)(C)C)C(=O)OC(C)(C)C. The quantitative estimate of drug-likeness (QED) is 0.314. The Bertz CT molecular complexity index is 955. The monoisotopic (exact) mass is 521 g/mol. The van der Waals surface area contributed by atoms with E-state index in [1.807, 2.05) is 18.2 Å². The number of carbonyl (C=O) groups excluding carboxylic acids is 4. The van der Waals surface area contributed by atoms with E-state index >= 15 is 0 Å². The van der Waals surface area contributed by atoms with Crippen LogP contribution >= 0.6 is 0 Å². The number of nitrogens with one attached hydrogen (secondary N) is 1. The third-order valence-corrected chi connectivity index (χ3v) is 5.26.